The maximum Gasteiger partial charge on any atom is 0.0598 e. The van der Waals surface area contributed by atoms with Crippen LogP contribution in [0.1, 0.15) is 66.2 Å². The molecule has 1 fully saturated rings. The SMILES string of the molecule is CC(COC(C)(C)C)CC1CCCCC1. The van der Waals surface area contributed by atoms with Crippen LogP contribution in [0.4, 0.5) is 0 Å². The first-order valence-electron chi connectivity index (χ1n) is 6.61. The van der Waals surface area contributed by atoms with Gasteiger partial charge in [0, 0.05) is 6.61 Å². The van der Waals surface area contributed by atoms with Crippen LogP contribution in [0, 0.1) is 11.8 Å². The van der Waals surface area contributed by atoms with Gasteiger partial charge in [0.15, 0.2) is 0 Å². The third kappa shape index (κ3) is 6.19. The molecule has 1 saturated carbocycles. The Bertz CT molecular complexity index is 163. The molecule has 0 amide bonds. The molecular weight excluding hydrogens is 184 g/mol. The van der Waals surface area contributed by atoms with Gasteiger partial charge < -0.3 is 4.74 Å². The van der Waals surface area contributed by atoms with E-state index in [0.29, 0.717) is 0 Å². The van der Waals surface area contributed by atoms with Crippen molar-refractivity contribution in [2.75, 3.05) is 6.61 Å². The van der Waals surface area contributed by atoms with Crippen LogP contribution in [-0.2, 0) is 4.74 Å². The van der Waals surface area contributed by atoms with Gasteiger partial charge in [0.2, 0.25) is 0 Å². The first-order valence-corrected chi connectivity index (χ1v) is 6.61. The number of ether oxygens (including phenoxy) is 1. The minimum atomic E-state index is 0.0286. The highest BCUT2D eigenvalue weighted by atomic mass is 16.5. The molecule has 0 aromatic rings. The second-order valence-corrected chi connectivity index (χ2v) is 6.27. The summed E-state index contributed by atoms with van der Waals surface area (Å²) < 4.78 is 5.83. The van der Waals surface area contributed by atoms with E-state index < -0.39 is 0 Å². The summed E-state index contributed by atoms with van der Waals surface area (Å²) in [5.41, 5.74) is 0.0286. The van der Waals surface area contributed by atoms with Crippen LogP contribution in [0.3, 0.4) is 0 Å². The zero-order valence-electron chi connectivity index (χ0n) is 11.0. The van der Waals surface area contributed by atoms with Gasteiger partial charge in [-0.05, 0) is 39.0 Å². The van der Waals surface area contributed by atoms with Crippen LogP contribution in [0.2, 0.25) is 0 Å². The maximum atomic E-state index is 5.83. The highest BCUT2D eigenvalue weighted by Crippen LogP contribution is 2.29. The minimum Gasteiger partial charge on any atom is -0.376 e. The van der Waals surface area contributed by atoms with E-state index in [1.54, 1.807) is 0 Å². The van der Waals surface area contributed by atoms with E-state index in [1.165, 1.54) is 38.5 Å². The molecule has 0 aromatic heterocycles. The monoisotopic (exact) mass is 212 g/mol. The predicted molar refractivity (Wildman–Crippen MR) is 66.1 cm³/mol. The highest BCUT2D eigenvalue weighted by Gasteiger charge is 2.18. The van der Waals surface area contributed by atoms with Gasteiger partial charge in [0.1, 0.15) is 0 Å². The van der Waals surface area contributed by atoms with Crippen molar-refractivity contribution in [1.29, 1.82) is 0 Å². The average molecular weight is 212 g/mol. The molecule has 1 nitrogen and oxygen atoms in total. The Balaban J connectivity index is 2.14. The van der Waals surface area contributed by atoms with Gasteiger partial charge in [0.05, 0.1) is 5.60 Å². The Labute approximate surface area is 95.6 Å². The fourth-order valence-electron chi connectivity index (χ4n) is 2.45. The van der Waals surface area contributed by atoms with E-state index in [4.69, 9.17) is 4.74 Å². The van der Waals surface area contributed by atoms with Crippen molar-refractivity contribution in [2.24, 2.45) is 11.8 Å². The van der Waals surface area contributed by atoms with Crippen molar-refractivity contribution in [3.8, 4) is 0 Å². The summed E-state index contributed by atoms with van der Waals surface area (Å²) >= 11 is 0. The molecule has 0 radical (unpaired) electrons. The quantitative estimate of drug-likeness (QED) is 0.671. The van der Waals surface area contributed by atoms with Crippen molar-refractivity contribution in [1.82, 2.24) is 0 Å². The Morgan fingerprint density at radius 3 is 2.27 bits per heavy atom. The summed E-state index contributed by atoms with van der Waals surface area (Å²) in [4.78, 5) is 0. The fourth-order valence-corrected chi connectivity index (χ4v) is 2.45. The van der Waals surface area contributed by atoms with E-state index in [0.717, 1.165) is 18.4 Å². The van der Waals surface area contributed by atoms with Gasteiger partial charge in [-0.25, -0.2) is 0 Å². The first-order chi connectivity index (χ1) is 6.97. The molecular formula is C14H28O. The van der Waals surface area contributed by atoms with Gasteiger partial charge in [-0.1, -0.05) is 39.0 Å². The molecule has 0 spiro atoms. The van der Waals surface area contributed by atoms with Crippen LogP contribution in [0.15, 0.2) is 0 Å². The zero-order chi connectivity index (χ0) is 11.3. The fraction of sp³-hybridized carbons (Fsp3) is 1.00. The molecule has 0 heterocycles. The number of hydrogen-bond donors (Lipinski definition) is 0. The van der Waals surface area contributed by atoms with Crippen molar-refractivity contribution < 1.29 is 4.74 Å². The molecule has 0 bridgehead atoms. The second kappa shape index (κ2) is 5.89. The lowest BCUT2D eigenvalue weighted by Gasteiger charge is -2.27. The Kier molecular flexibility index (Phi) is 5.11. The van der Waals surface area contributed by atoms with E-state index in [2.05, 4.69) is 27.7 Å². The van der Waals surface area contributed by atoms with E-state index in [-0.39, 0.29) is 5.60 Å². The van der Waals surface area contributed by atoms with Crippen LogP contribution in [0.5, 0.6) is 0 Å². The van der Waals surface area contributed by atoms with Crippen LogP contribution >= 0.6 is 0 Å². The molecule has 15 heavy (non-hydrogen) atoms. The molecule has 0 aliphatic heterocycles. The van der Waals surface area contributed by atoms with E-state index >= 15 is 0 Å². The predicted octanol–water partition coefficient (Wildman–Crippen LogP) is 4.41. The third-order valence-electron chi connectivity index (χ3n) is 3.26. The highest BCUT2D eigenvalue weighted by molar-refractivity contribution is 4.69. The van der Waals surface area contributed by atoms with Gasteiger partial charge in [-0.3, -0.25) is 0 Å². The first kappa shape index (κ1) is 13.0. The Hall–Kier alpha value is -0.0400. The summed E-state index contributed by atoms with van der Waals surface area (Å²) in [5.74, 6) is 1.71. The summed E-state index contributed by atoms with van der Waals surface area (Å²) in [7, 11) is 0. The molecule has 0 aromatic carbocycles. The normalized spacial score (nSPS) is 21.6. The van der Waals surface area contributed by atoms with Gasteiger partial charge in [-0.2, -0.15) is 0 Å². The van der Waals surface area contributed by atoms with Crippen molar-refractivity contribution in [3.05, 3.63) is 0 Å². The lowest BCUT2D eigenvalue weighted by atomic mass is 9.83. The van der Waals surface area contributed by atoms with Gasteiger partial charge >= 0.3 is 0 Å². The van der Waals surface area contributed by atoms with E-state index in [1.807, 2.05) is 0 Å². The second-order valence-electron chi connectivity index (χ2n) is 6.27. The third-order valence-corrected chi connectivity index (χ3v) is 3.26. The molecule has 1 atom stereocenters. The number of hydrogen-bond acceptors (Lipinski definition) is 1. The Morgan fingerprint density at radius 2 is 1.73 bits per heavy atom. The van der Waals surface area contributed by atoms with Crippen molar-refractivity contribution >= 4 is 0 Å². The van der Waals surface area contributed by atoms with Gasteiger partial charge in [0.25, 0.3) is 0 Å². The molecule has 90 valence electrons. The molecule has 0 saturated heterocycles. The van der Waals surface area contributed by atoms with Crippen LogP contribution in [-0.4, -0.2) is 12.2 Å². The largest absolute Gasteiger partial charge is 0.376 e. The van der Waals surface area contributed by atoms with Crippen molar-refractivity contribution in [2.45, 2.75) is 71.8 Å². The minimum absolute atomic E-state index is 0.0286. The summed E-state index contributed by atoms with van der Waals surface area (Å²) in [6, 6.07) is 0. The molecule has 1 rings (SSSR count). The van der Waals surface area contributed by atoms with Crippen molar-refractivity contribution in [3.63, 3.8) is 0 Å². The van der Waals surface area contributed by atoms with Crippen LogP contribution < -0.4 is 0 Å². The molecule has 1 aliphatic carbocycles. The zero-order valence-corrected chi connectivity index (χ0v) is 11.0. The summed E-state index contributed by atoms with van der Waals surface area (Å²) in [5, 5.41) is 0. The summed E-state index contributed by atoms with van der Waals surface area (Å²) in [6.07, 6.45) is 8.66. The van der Waals surface area contributed by atoms with Gasteiger partial charge in [-0.15, -0.1) is 0 Å². The lowest BCUT2D eigenvalue weighted by Crippen LogP contribution is -2.24. The topological polar surface area (TPSA) is 9.23 Å². The molecule has 0 N–H and O–H groups in total. The molecule has 1 unspecified atom stereocenters. The molecule has 1 heteroatoms. The lowest BCUT2D eigenvalue weighted by molar-refractivity contribution is -0.0235. The van der Waals surface area contributed by atoms with E-state index in [9.17, 15) is 0 Å². The standard InChI is InChI=1S/C14H28O/c1-12(11-15-14(2,3)4)10-13-8-6-5-7-9-13/h12-13H,5-11H2,1-4H3. The number of rotatable bonds is 4. The summed E-state index contributed by atoms with van der Waals surface area (Å²) in [6.45, 7) is 9.68. The Morgan fingerprint density at radius 1 is 1.13 bits per heavy atom. The molecule has 1 aliphatic rings. The maximum absolute atomic E-state index is 5.83. The smallest absolute Gasteiger partial charge is 0.0598 e. The van der Waals surface area contributed by atoms with Crippen LogP contribution in [0.25, 0.3) is 0 Å². The average Bonchev–Trinajstić information content (AvgIpc) is 2.15.